The first-order valence-electron chi connectivity index (χ1n) is 3.67. The average molecular weight is 237 g/mol. The van der Waals surface area contributed by atoms with E-state index in [-0.39, 0.29) is 0 Å². The zero-order chi connectivity index (χ0) is 9.42. The van der Waals surface area contributed by atoms with E-state index in [0.29, 0.717) is 17.0 Å². The molecule has 3 nitrogen and oxygen atoms in total. The SMILES string of the molecule is Cc1nc2c(Br)cc(C#N)cc2o1. The minimum atomic E-state index is 0.565. The van der Waals surface area contributed by atoms with Crippen LogP contribution in [0.4, 0.5) is 0 Å². The Hall–Kier alpha value is -1.34. The molecular weight excluding hydrogens is 232 g/mol. The van der Waals surface area contributed by atoms with E-state index in [2.05, 4.69) is 27.0 Å². The molecule has 4 heteroatoms. The predicted molar refractivity (Wildman–Crippen MR) is 51.2 cm³/mol. The summed E-state index contributed by atoms with van der Waals surface area (Å²) in [5, 5.41) is 8.70. The molecule has 0 unspecified atom stereocenters. The van der Waals surface area contributed by atoms with Crippen molar-refractivity contribution in [3.8, 4) is 6.07 Å². The lowest BCUT2D eigenvalue weighted by Crippen LogP contribution is -1.76. The number of hydrogen-bond donors (Lipinski definition) is 0. The number of fused-ring (bicyclic) bond motifs is 1. The maximum atomic E-state index is 8.70. The number of nitrogens with zero attached hydrogens (tertiary/aromatic N) is 2. The fourth-order valence-corrected chi connectivity index (χ4v) is 1.69. The molecule has 0 saturated carbocycles. The van der Waals surface area contributed by atoms with E-state index in [9.17, 15) is 0 Å². The van der Waals surface area contributed by atoms with Gasteiger partial charge in [-0.15, -0.1) is 0 Å². The number of oxazole rings is 1. The summed E-state index contributed by atoms with van der Waals surface area (Å²) in [6.07, 6.45) is 0. The molecule has 0 saturated heterocycles. The average Bonchev–Trinajstić information content (AvgIpc) is 2.46. The molecule has 0 amide bonds. The third-order valence-corrected chi connectivity index (χ3v) is 2.29. The van der Waals surface area contributed by atoms with Gasteiger partial charge in [0.25, 0.3) is 0 Å². The van der Waals surface area contributed by atoms with E-state index >= 15 is 0 Å². The lowest BCUT2D eigenvalue weighted by molar-refractivity contribution is 0.561. The highest BCUT2D eigenvalue weighted by molar-refractivity contribution is 9.10. The first kappa shape index (κ1) is 8.27. The predicted octanol–water partition coefficient (Wildman–Crippen LogP) is 2.77. The molecule has 0 aliphatic heterocycles. The number of nitriles is 1. The summed E-state index contributed by atoms with van der Waals surface area (Å²) in [6.45, 7) is 1.78. The van der Waals surface area contributed by atoms with Gasteiger partial charge in [-0.1, -0.05) is 0 Å². The van der Waals surface area contributed by atoms with Crippen LogP contribution in [0.2, 0.25) is 0 Å². The van der Waals surface area contributed by atoms with Crippen molar-refractivity contribution in [2.75, 3.05) is 0 Å². The van der Waals surface area contributed by atoms with Crippen LogP contribution >= 0.6 is 15.9 Å². The normalized spacial score (nSPS) is 10.2. The Morgan fingerprint density at radius 3 is 3.00 bits per heavy atom. The van der Waals surface area contributed by atoms with Crippen molar-refractivity contribution in [3.05, 3.63) is 28.1 Å². The third-order valence-electron chi connectivity index (χ3n) is 1.68. The van der Waals surface area contributed by atoms with Gasteiger partial charge in [-0.3, -0.25) is 0 Å². The smallest absolute Gasteiger partial charge is 0.192 e. The summed E-state index contributed by atoms with van der Waals surface area (Å²) in [7, 11) is 0. The Labute approximate surface area is 83.1 Å². The summed E-state index contributed by atoms with van der Waals surface area (Å²) in [6, 6.07) is 5.46. The maximum Gasteiger partial charge on any atom is 0.192 e. The Morgan fingerprint density at radius 2 is 2.31 bits per heavy atom. The largest absolute Gasteiger partial charge is 0.441 e. The van der Waals surface area contributed by atoms with E-state index in [4.69, 9.17) is 9.68 Å². The molecule has 2 rings (SSSR count). The molecule has 0 radical (unpaired) electrons. The minimum absolute atomic E-state index is 0.565. The fraction of sp³-hybridized carbons (Fsp3) is 0.111. The van der Waals surface area contributed by atoms with Crippen LogP contribution in [0.1, 0.15) is 11.5 Å². The topological polar surface area (TPSA) is 49.8 Å². The molecule has 0 aliphatic rings. The van der Waals surface area contributed by atoms with Gasteiger partial charge in [0.2, 0.25) is 0 Å². The number of aromatic nitrogens is 1. The van der Waals surface area contributed by atoms with Gasteiger partial charge in [-0.2, -0.15) is 5.26 Å². The molecular formula is C9H5BrN2O. The number of hydrogen-bond acceptors (Lipinski definition) is 3. The van der Waals surface area contributed by atoms with E-state index < -0.39 is 0 Å². The van der Waals surface area contributed by atoms with Crippen LogP contribution in [0.3, 0.4) is 0 Å². The van der Waals surface area contributed by atoms with Crippen LogP contribution in [0.5, 0.6) is 0 Å². The van der Waals surface area contributed by atoms with Crippen molar-refractivity contribution in [3.63, 3.8) is 0 Å². The summed E-state index contributed by atoms with van der Waals surface area (Å²) < 4.78 is 6.09. The lowest BCUT2D eigenvalue weighted by atomic mass is 10.2. The second-order valence-corrected chi connectivity index (χ2v) is 3.50. The Morgan fingerprint density at radius 1 is 1.54 bits per heavy atom. The third kappa shape index (κ3) is 1.31. The van der Waals surface area contributed by atoms with Crippen LogP contribution in [0.15, 0.2) is 21.0 Å². The lowest BCUT2D eigenvalue weighted by Gasteiger charge is -1.91. The van der Waals surface area contributed by atoms with Crippen molar-refractivity contribution in [2.45, 2.75) is 6.92 Å². The molecule has 0 aliphatic carbocycles. The van der Waals surface area contributed by atoms with Gasteiger partial charge in [-0.25, -0.2) is 4.98 Å². The van der Waals surface area contributed by atoms with Crippen molar-refractivity contribution in [1.82, 2.24) is 4.98 Å². The van der Waals surface area contributed by atoms with Gasteiger partial charge in [0, 0.05) is 17.5 Å². The maximum absolute atomic E-state index is 8.70. The van der Waals surface area contributed by atoms with Crippen LogP contribution in [0.25, 0.3) is 11.1 Å². The minimum Gasteiger partial charge on any atom is -0.441 e. The molecule has 0 N–H and O–H groups in total. The number of halogens is 1. The van der Waals surface area contributed by atoms with Crippen LogP contribution in [-0.4, -0.2) is 4.98 Å². The highest BCUT2D eigenvalue weighted by atomic mass is 79.9. The van der Waals surface area contributed by atoms with Crippen molar-refractivity contribution in [2.24, 2.45) is 0 Å². The molecule has 1 heterocycles. The van der Waals surface area contributed by atoms with Gasteiger partial charge in [0.15, 0.2) is 11.5 Å². The van der Waals surface area contributed by atoms with Crippen LogP contribution in [0, 0.1) is 18.3 Å². The first-order valence-corrected chi connectivity index (χ1v) is 4.47. The second kappa shape index (κ2) is 2.86. The van der Waals surface area contributed by atoms with Gasteiger partial charge in [-0.05, 0) is 22.0 Å². The fourth-order valence-electron chi connectivity index (χ4n) is 1.16. The molecule has 0 atom stereocenters. The van der Waals surface area contributed by atoms with Crippen molar-refractivity contribution in [1.29, 1.82) is 5.26 Å². The molecule has 64 valence electrons. The second-order valence-electron chi connectivity index (χ2n) is 2.65. The Bertz CT molecular complexity index is 510. The van der Waals surface area contributed by atoms with Crippen LogP contribution in [-0.2, 0) is 0 Å². The molecule has 2 aromatic rings. The van der Waals surface area contributed by atoms with E-state index in [1.165, 1.54) is 0 Å². The van der Waals surface area contributed by atoms with E-state index in [0.717, 1.165) is 9.99 Å². The van der Waals surface area contributed by atoms with Crippen LogP contribution < -0.4 is 0 Å². The van der Waals surface area contributed by atoms with E-state index in [1.54, 1.807) is 19.1 Å². The van der Waals surface area contributed by atoms with Gasteiger partial charge in [0.1, 0.15) is 5.52 Å². The molecule has 0 bridgehead atoms. The zero-order valence-electron chi connectivity index (χ0n) is 6.84. The quantitative estimate of drug-likeness (QED) is 0.707. The summed E-state index contributed by atoms with van der Waals surface area (Å²) in [5.74, 6) is 0.603. The molecule has 0 spiro atoms. The summed E-state index contributed by atoms with van der Waals surface area (Å²) in [5.41, 5.74) is 1.97. The molecule has 1 aromatic carbocycles. The van der Waals surface area contributed by atoms with Crippen molar-refractivity contribution >= 4 is 27.0 Å². The van der Waals surface area contributed by atoms with Crippen molar-refractivity contribution < 1.29 is 4.42 Å². The standard InChI is InChI=1S/C9H5BrN2O/c1-5-12-9-7(10)2-6(4-11)3-8(9)13-5/h2-3H,1H3. The number of rotatable bonds is 0. The number of aryl methyl sites for hydroxylation is 1. The monoisotopic (exact) mass is 236 g/mol. The van der Waals surface area contributed by atoms with Gasteiger partial charge in [0.05, 0.1) is 11.6 Å². The molecule has 0 fully saturated rings. The number of benzene rings is 1. The molecule has 13 heavy (non-hydrogen) atoms. The summed E-state index contributed by atoms with van der Waals surface area (Å²) in [4.78, 5) is 4.17. The highest BCUT2D eigenvalue weighted by Crippen LogP contribution is 2.25. The first-order chi connectivity index (χ1) is 6.20. The molecule has 1 aromatic heterocycles. The Balaban J connectivity index is 2.85. The van der Waals surface area contributed by atoms with Gasteiger partial charge >= 0.3 is 0 Å². The summed E-state index contributed by atoms with van der Waals surface area (Å²) >= 11 is 3.33. The Kier molecular flexibility index (Phi) is 1.82. The van der Waals surface area contributed by atoms with Gasteiger partial charge < -0.3 is 4.42 Å². The van der Waals surface area contributed by atoms with E-state index in [1.807, 2.05) is 0 Å². The zero-order valence-corrected chi connectivity index (χ0v) is 8.42. The highest BCUT2D eigenvalue weighted by Gasteiger charge is 2.07.